The minimum atomic E-state index is -3.37. The van der Waals surface area contributed by atoms with Gasteiger partial charge in [0.1, 0.15) is 0 Å². The van der Waals surface area contributed by atoms with Gasteiger partial charge >= 0.3 is 7.60 Å². The zero-order valence-corrected chi connectivity index (χ0v) is 13.9. The normalized spacial score (nSPS) is 32.2. The molecule has 0 aromatic heterocycles. The number of hydrogen-bond donors (Lipinski definition) is 1. The molecule has 1 N–H and O–H groups in total. The van der Waals surface area contributed by atoms with E-state index in [1.807, 2.05) is 0 Å². The lowest BCUT2D eigenvalue weighted by molar-refractivity contribution is 0.0346. The summed E-state index contributed by atoms with van der Waals surface area (Å²) in [6, 6.07) is 0. The van der Waals surface area contributed by atoms with Gasteiger partial charge in [0.25, 0.3) is 0 Å². The van der Waals surface area contributed by atoms with Crippen LogP contribution in [0.25, 0.3) is 0 Å². The topological polar surface area (TPSA) is 46.5 Å². The van der Waals surface area contributed by atoms with Crippen molar-refractivity contribution < 1.29 is 14.0 Å². The lowest BCUT2D eigenvalue weighted by atomic mass is 9.86. The number of rotatable bonds is 9. The molecule has 0 heterocycles. The first-order valence-corrected chi connectivity index (χ1v) is 10.3. The second-order valence-corrected chi connectivity index (χ2v) is 8.81. The van der Waals surface area contributed by atoms with Crippen LogP contribution in [-0.2, 0) is 9.09 Å². The molecule has 2 bridgehead atoms. The van der Waals surface area contributed by atoms with Gasteiger partial charge in [-0.3, -0.25) is 4.57 Å². The average Bonchev–Trinajstić information content (AvgIpc) is 2.67. The van der Waals surface area contributed by atoms with Crippen LogP contribution in [0.3, 0.4) is 0 Å². The van der Waals surface area contributed by atoms with E-state index in [1.54, 1.807) is 0 Å². The van der Waals surface area contributed by atoms with E-state index in [2.05, 4.69) is 6.92 Å². The van der Waals surface area contributed by atoms with Crippen LogP contribution in [0.1, 0.15) is 84.0 Å². The molecule has 0 radical (unpaired) electrons. The lowest BCUT2D eigenvalue weighted by Crippen LogP contribution is -2.31. The smallest absolute Gasteiger partial charge is 0.324 e. The van der Waals surface area contributed by atoms with Gasteiger partial charge in [-0.25, -0.2) is 0 Å². The van der Waals surface area contributed by atoms with Crippen molar-refractivity contribution >= 4 is 7.60 Å². The summed E-state index contributed by atoms with van der Waals surface area (Å²) < 4.78 is 18.1. The molecule has 118 valence electrons. The zero-order chi connectivity index (χ0) is 14.5. The van der Waals surface area contributed by atoms with E-state index in [0.717, 1.165) is 38.0 Å². The SMILES string of the molecule is CCCCCCCCP(=O)(O)OC12CCCC(CC1)C2. The second-order valence-electron chi connectivity index (χ2n) is 6.90. The van der Waals surface area contributed by atoms with E-state index in [-0.39, 0.29) is 5.60 Å². The molecule has 2 aliphatic carbocycles. The Labute approximate surface area is 124 Å². The molecule has 0 spiro atoms. The van der Waals surface area contributed by atoms with Crippen LogP contribution in [0.2, 0.25) is 0 Å². The van der Waals surface area contributed by atoms with E-state index in [9.17, 15) is 9.46 Å². The summed E-state index contributed by atoms with van der Waals surface area (Å²) in [7, 11) is -3.37. The number of hydrogen-bond acceptors (Lipinski definition) is 2. The molecule has 4 heteroatoms. The Morgan fingerprint density at radius 3 is 2.70 bits per heavy atom. The first-order chi connectivity index (χ1) is 9.55. The van der Waals surface area contributed by atoms with Crippen LogP contribution in [0.15, 0.2) is 0 Å². The van der Waals surface area contributed by atoms with Gasteiger partial charge in [0, 0.05) is 0 Å². The molecule has 2 aliphatic rings. The van der Waals surface area contributed by atoms with E-state index < -0.39 is 7.60 Å². The molecule has 2 saturated carbocycles. The summed E-state index contributed by atoms with van der Waals surface area (Å²) in [4.78, 5) is 10.1. The summed E-state index contributed by atoms with van der Waals surface area (Å²) in [5.74, 6) is 0.748. The largest absolute Gasteiger partial charge is 0.328 e. The van der Waals surface area contributed by atoms with Crippen molar-refractivity contribution in [3.63, 3.8) is 0 Å². The summed E-state index contributed by atoms with van der Waals surface area (Å²) >= 11 is 0. The Morgan fingerprint density at radius 1 is 1.15 bits per heavy atom. The maximum atomic E-state index is 12.3. The molecular weight excluding hydrogens is 271 g/mol. The fourth-order valence-electron chi connectivity index (χ4n) is 3.95. The van der Waals surface area contributed by atoms with Gasteiger partial charge in [-0.15, -0.1) is 0 Å². The first kappa shape index (κ1) is 16.5. The van der Waals surface area contributed by atoms with Crippen molar-refractivity contribution in [1.29, 1.82) is 0 Å². The molecule has 2 rings (SSSR count). The highest BCUT2D eigenvalue weighted by molar-refractivity contribution is 7.52. The van der Waals surface area contributed by atoms with Crippen LogP contribution in [-0.4, -0.2) is 16.7 Å². The van der Waals surface area contributed by atoms with Crippen LogP contribution in [0, 0.1) is 5.92 Å². The van der Waals surface area contributed by atoms with Gasteiger partial charge in [-0.1, -0.05) is 51.9 Å². The molecule has 0 aromatic carbocycles. The Morgan fingerprint density at radius 2 is 1.90 bits per heavy atom. The van der Waals surface area contributed by atoms with Crippen molar-refractivity contribution in [3.8, 4) is 0 Å². The Bertz CT molecular complexity index is 341. The Kier molecular flexibility index (Phi) is 6.13. The monoisotopic (exact) mass is 302 g/mol. The van der Waals surface area contributed by atoms with Crippen LogP contribution in [0.4, 0.5) is 0 Å². The predicted molar refractivity (Wildman–Crippen MR) is 83.1 cm³/mol. The maximum Gasteiger partial charge on any atom is 0.328 e. The van der Waals surface area contributed by atoms with Crippen LogP contribution in [0.5, 0.6) is 0 Å². The molecule has 3 unspecified atom stereocenters. The fourth-order valence-corrected chi connectivity index (χ4v) is 5.53. The minimum absolute atomic E-state index is 0.241. The highest BCUT2D eigenvalue weighted by atomic mass is 31.2. The third-order valence-corrected chi connectivity index (χ3v) is 6.60. The fraction of sp³-hybridized carbons (Fsp3) is 1.00. The van der Waals surface area contributed by atoms with Gasteiger partial charge in [-0.05, 0) is 38.0 Å². The summed E-state index contributed by atoms with van der Waals surface area (Å²) in [6.45, 7) is 2.20. The van der Waals surface area contributed by atoms with E-state index in [0.29, 0.717) is 6.16 Å². The third-order valence-electron chi connectivity index (χ3n) is 5.04. The first-order valence-electron chi connectivity index (χ1n) is 8.58. The van der Waals surface area contributed by atoms with Crippen molar-refractivity contribution in [2.45, 2.75) is 89.6 Å². The standard InChI is InChI=1S/C16H31O3P/c1-2-3-4-5-6-7-13-20(17,18)19-16-11-8-9-15(14-16)10-12-16/h15H,2-14H2,1H3,(H,17,18). The van der Waals surface area contributed by atoms with E-state index >= 15 is 0 Å². The molecule has 0 amide bonds. The molecule has 2 fully saturated rings. The highest BCUT2D eigenvalue weighted by Gasteiger charge is 2.46. The van der Waals surface area contributed by atoms with Gasteiger partial charge < -0.3 is 9.42 Å². The third kappa shape index (κ3) is 4.86. The van der Waals surface area contributed by atoms with Crippen molar-refractivity contribution in [1.82, 2.24) is 0 Å². The Balaban J connectivity index is 1.69. The molecular formula is C16H31O3P. The van der Waals surface area contributed by atoms with Crippen molar-refractivity contribution in [2.75, 3.05) is 6.16 Å². The minimum Gasteiger partial charge on any atom is -0.324 e. The maximum absolute atomic E-state index is 12.3. The lowest BCUT2D eigenvalue weighted by Gasteiger charge is -2.34. The predicted octanol–water partition coefficient (Wildman–Crippen LogP) is 5.27. The quantitative estimate of drug-likeness (QED) is 0.466. The van der Waals surface area contributed by atoms with Gasteiger partial charge in [0.2, 0.25) is 0 Å². The molecule has 0 saturated heterocycles. The molecule has 3 nitrogen and oxygen atoms in total. The molecule has 0 aliphatic heterocycles. The van der Waals surface area contributed by atoms with Crippen molar-refractivity contribution in [2.24, 2.45) is 5.92 Å². The number of fused-ring (bicyclic) bond motifs is 2. The number of unbranched alkanes of at least 4 members (excludes halogenated alkanes) is 5. The van der Waals surface area contributed by atoms with Crippen LogP contribution >= 0.6 is 7.60 Å². The molecule has 20 heavy (non-hydrogen) atoms. The van der Waals surface area contributed by atoms with E-state index in [4.69, 9.17) is 4.52 Å². The van der Waals surface area contributed by atoms with Gasteiger partial charge in [-0.2, -0.15) is 0 Å². The molecule has 3 atom stereocenters. The van der Waals surface area contributed by atoms with Crippen LogP contribution < -0.4 is 0 Å². The zero-order valence-electron chi connectivity index (χ0n) is 13.0. The second kappa shape index (κ2) is 7.42. The molecule has 0 aromatic rings. The highest BCUT2D eigenvalue weighted by Crippen LogP contribution is 2.56. The van der Waals surface area contributed by atoms with Gasteiger partial charge in [0.15, 0.2) is 0 Å². The Hall–Kier alpha value is 0.150. The summed E-state index contributed by atoms with van der Waals surface area (Å²) in [5.41, 5.74) is -0.241. The average molecular weight is 302 g/mol. The van der Waals surface area contributed by atoms with E-state index in [1.165, 1.54) is 44.9 Å². The summed E-state index contributed by atoms with van der Waals surface area (Å²) in [6.07, 6.45) is 13.9. The summed E-state index contributed by atoms with van der Waals surface area (Å²) in [5, 5.41) is 0. The van der Waals surface area contributed by atoms with Gasteiger partial charge in [0.05, 0.1) is 11.8 Å². The van der Waals surface area contributed by atoms with Crippen molar-refractivity contribution in [3.05, 3.63) is 0 Å².